The molecule has 1 aromatic carbocycles. The van der Waals surface area contributed by atoms with Crippen LogP contribution < -0.4 is 0 Å². The summed E-state index contributed by atoms with van der Waals surface area (Å²) in [5.74, 6) is -0.250. The highest BCUT2D eigenvalue weighted by Gasteiger charge is 2.04. The summed E-state index contributed by atoms with van der Waals surface area (Å²) in [5.41, 5.74) is 2.58. The van der Waals surface area contributed by atoms with E-state index < -0.39 is 0 Å². The van der Waals surface area contributed by atoms with Crippen LogP contribution in [-0.4, -0.2) is 4.98 Å². The van der Waals surface area contributed by atoms with Crippen LogP contribution >= 0.6 is 27.5 Å². The van der Waals surface area contributed by atoms with Gasteiger partial charge in [-0.3, -0.25) is 4.98 Å². The normalized spacial score (nSPS) is 10.4. The van der Waals surface area contributed by atoms with Gasteiger partial charge >= 0.3 is 0 Å². The fraction of sp³-hybridized carbons (Fsp3) is 0.0833. The van der Waals surface area contributed by atoms with Gasteiger partial charge in [-0.05, 0) is 23.8 Å². The number of nitrogens with zero attached hydrogens (tertiary/aromatic N) is 1. The molecule has 0 aliphatic carbocycles. The van der Waals surface area contributed by atoms with Crippen LogP contribution in [0.5, 0.6) is 0 Å². The third kappa shape index (κ3) is 2.42. The Balaban J connectivity index is 2.41. The van der Waals surface area contributed by atoms with E-state index in [9.17, 15) is 4.39 Å². The maximum atomic E-state index is 12.8. The van der Waals surface area contributed by atoms with Gasteiger partial charge in [0.2, 0.25) is 0 Å². The average molecular weight is 301 g/mol. The van der Waals surface area contributed by atoms with Crippen molar-refractivity contribution in [3.63, 3.8) is 0 Å². The molecular formula is C12H8BrClFN. The van der Waals surface area contributed by atoms with Gasteiger partial charge in [-0.25, -0.2) is 4.39 Å². The molecule has 0 aliphatic heterocycles. The van der Waals surface area contributed by atoms with E-state index in [-0.39, 0.29) is 5.82 Å². The first-order valence-corrected chi connectivity index (χ1v) is 6.17. The van der Waals surface area contributed by atoms with E-state index >= 15 is 0 Å². The summed E-state index contributed by atoms with van der Waals surface area (Å²) >= 11 is 9.35. The summed E-state index contributed by atoms with van der Waals surface area (Å²) in [6.45, 7) is 0. The highest BCUT2D eigenvalue weighted by Crippen LogP contribution is 2.25. The summed E-state index contributed by atoms with van der Waals surface area (Å²) in [6, 6.07) is 8.08. The van der Waals surface area contributed by atoms with Crippen molar-refractivity contribution in [2.75, 3.05) is 0 Å². The van der Waals surface area contributed by atoms with Gasteiger partial charge in [-0.15, -0.1) is 0 Å². The molecular weight excluding hydrogens is 292 g/mol. The molecule has 1 heterocycles. The van der Waals surface area contributed by atoms with Gasteiger partial charge in [0.05, 0.1) is 10.7 Å². The van der Waals surface area contributed by atoms with Gasteiger partial charge in [0.15, 0.2) is 0 Å². The summed E-state index contributed by atoms with van der Waals surface area (Å²) in [5, 5.41) is 1.23. The van der Waals surface area contributed by atoms with Crippen LogP contribution in [0.2, 0.25) is 5.02 Å². The second kappa shape index (κ2) is 4.93. The molecule has 82 valence electrons. The van der Waals surface area contributed by atoms with Gasteiger partial charge in [0.1, 0.15) is 5.82 Å². The Bertz CT molecular complexity index is 499. The van der Waals surface area contributed by atoms with Crippen LogP contribution in [0.15, 0.2) is 36.5 Å². The third-order valence-electron chi connectivity index (χ3n) is 2.22. The lowest BCUT2D eigenvalue weighted by Crippen LogP contribution is -1.88. The quantitative estimate of drug-likeness (QED) is 0.747. The molecule has 2 aromatic rings. The Hall–Kier alpha value is -0.930. The fourth-order valence-corrected chi connectivity index (χ4v) is 2.21. The van der Waals surface area contributed by atoms with E-state index in [0.717, 1.165) is 16.8 Å². The number of rotatable bonds is 2. The lowest BCUT2D eigenvalue weighted by molar-refractivity contribution is 0.628. The van der Waals surface area contributed by atoms with Crippen molar-refractivity contribution >= 4 is 27.5 Å². The standard InChI is InChI=1S/C12H8BrClFN/c13-6-12-11(14)5-9(7-16-12)8-1-3-10(15)4-2-8/h1-5,7H,6H2. The van der Waals surface area contributed by atoms with Crippen LogP contribution in [-0.2, 0) is 5.33 Å². The minimum absolute atomic E-state index is 0.250. The molecule has 0 N–H and O–H groups in total. The largest absolute Gasteiger partial charge is 0.258 e. The molecule has 16 heavy (non-hydrogen) atoms. The van der Waals surface area contributed by atoms with Crippen LogP contribution in [0.25, 0.3) is 11.1 Å². The number of hydrogen-bond acceptors (Lipinski definition) is 1. The van der Waals surface area contributed by atoms with Gasteiger partial charge in [-0.2, -0.15) is 0 Å². The average Bonchev–Trinajstić information content (AvgIpc) is 2.30. The monoisotopic (exact) mass is 299 g/mol. The van der Waals surface area contributed by atoms with Crippen molar-refractivity contribution in [1.29, 1.82) is 0 Å². The Kier molecular flexibility index (Phi) is 3.56. The SMILES string of the molecule is Fc1ccc(-c2cnc(CBr)c(Cl)c2)cc1. The van der Waals surface area contributed by atoms with Crippen molar-refractivity contribution in [2.24, 2.45) is 0 Å². The summed E-state index contributed by atoms with van der Waals surface area (Å²) in [7, 11) is 0. The zero-order valence-electron chi connectivity index (χ0n) is 8.25. The van der Waals surface area contributed by atoms with Crippen LogP contribution in [0.3, 0.4) is 0 Å². The number of hydrogen-bond donors (Lipinski definition) is 0. The number of pyridine rings is 1. The van der Waals surface area contributed by atoms with Crippen LogP contribution in [0.1, 0.15) is 5.69 Å². The van der Waals surface area contributed by atoms with Crippen LogP contribution in [0, 0.1) is 5.82 Å². The molecule has 0 aliphatic rings. The molecule has 1 aromatic heterocycles. The highest BCUT2D eigenvalue weighted by atomic mass is 79.9. The number of alkyl halides is 1. The predicted molar refractivity (Wildman–Crippen MR) is 67.3 cm³/mol. The Morgan fingerprint density at radius 1 is 1.19 bits per heavy atom. The second-order valence-electron chi connectivity index (χ2n) is 3.29. The molecule has 0 radical (unpaired) electrons. The van der Waals surface area contributed by atoms with Crippen molar-refractivity contribution in [3.8, 4) is 11.1 Å². The number of halogens is 3. The smallest absolute Gasteiger partial charge is 0.123 e. The molecule has 0 bridgehead atoms. The highest BCUT2D eigenvalue weighted by molar-refractivity contribution is 9.08. The predicted octanol–water partition coefficient (Wildman–Crippen LogP) is 4.44. The Labute approximate surface area is 106 Å². The Morgan fingerprint density at radius 2 is 1.88 bits per heavy atom. The maximum absolute atomic E-state index is 12.8. The lowest BCUT2D eigenvalue weighted by atomic mass is 10.1. The number of benzene rings is 1. The van der Waals surface area contributed by atoms with Gasteiger partial charge < -0.3 is 0 Å². The zero-order valence-corrected chi connectivity index (χ0v) is 10.6. The first-order valence-electron chi connectivity index (χ1n) is 4.67. The molecule has 0 fully saturated rings. The first-order chi connectivity index (χ1) is 7.70. The molecule has 4 heteroatoms. The second-order valence-corrected chi connectivity index (χ2v) is 4.26. The number of aromatic nitrogens is 1. The van der Waals surface area contributed by atoms with E-state index in [1.807, 2.05) is 6.07 Å². The van der Waals surface area contributed by atoms with Crippen molar-refractivity contribution < 1.29 is 4.39 Å². The molecule has 0 saturated carbocycles. The molecule has 2 rings (SSSR count). The summed E-state index contributed by atoms with van der Waals surface area (Å²) < 4.78 is 12.8. The first kappa shape index (κ1) is 11.6. The van der Waals surface area contributed by atoms with E-state index in [0.29, 0.717) is 10.4 Å². The van der Waals surface area contributed by atoms with E-state index in [1.54, 1.807) is 18.3 Å². The van der Waals surface area contributed by atoms with Gasteiger partial charge in [0, 0.05) is 17.1 Å². The minimum atomic E-state index is -0.250. The van der Waals surface area contributed by atoms with Crippen molar-refractivity contribution in [1.82, 2.24) is 4.98 Å². The van der Waals surface area contributed by atoms with Crippen molar-refractivity contribution in [2.45, 2.75) is 5.33 Å². The van der Waals surface area contributed by atoms with E-state index in [2.05, 4.69) is 20.9 Å². The molecule has 0 saturated heterocycles. The molecule has 0 amide bonds. The molecule has 0 atom stereocenters. The molecule has 0 unspecified atom stereocenters. The summed E-state index contributed by atoms with van der Waals surface area (Å²) in [4.78, 5) is 4.22. The zero-order chi connectivity index (χ0) is 11.5. The Morgan fingerprint density at radius 3 is 2.44 bits per heavy atom. The topological polar surface area (TPSA) is 12.9 Å². The van der Waals surface area contributed by atoms with E-state index in [1.165, 1.54) is 12.1 Å². The van der Waals surface area contributed by atoms with Gasteiger partial charge in [0.25, 0.3) is 0 Å². The van der Waals surface area contributed by atoms with Crippen molar-refractivity contribution in [3.05, 3.63) is 53.1 Å². The molecule has 1 nitrogen and oxygen atoms in total. The fourth-order valence-electron chi connectivity index (χ4n) is 1.36. The minimum Gasteiger partial charge on any atom is -0.258 e. The maximum Gasteiger partial charge on any atom is 0.123 e. The third-order valence-corrected chi connectivity index (χ3v) is 3.08. The summed E-state index contributed by atoms with van der Waals surface area (Å²) in [6.07, 6.45) is 1.73. The molecule has 0 spiro atoms. The van der Waals surface area contributed by atoms with E-state index in [4.69, 9.17) is 11.6 Å². The van der Waals surface area contributed by atoms with Gasteiger partial charge in [-0.1, -0.05) is 39.7 Å². The lowest BCUT2D eigenvalue weighted by Gasteiger charge is -2.04. The van der Waals surface area contributed by atoms with Crippen LogP contribution in [0.4, 0.5) is 4.39 Å².